The molecule has 2 rings (SSSR count). The molecule has 0 saturated carbocycles. The maximum Gasteiger partial charge on any atom is 0.225 e. The summed E-state index contributed by atoms with van der Waals surface area (Å²) in [5.74, 6) is 1.55. The molecule has 0 aliphatic carbocycles. The van der Waals surface area contributed by atoms with Crippen LogP contribution in [0.1, 0.15) is 24.6 Å². The summed E-state index contributed by atoms with van der Waals surface area (Å²) in [7, 11) is 0. The minimum Gasteiger partial charge on any atom is -0.370 e. The van der Waals surface area contributed by atoms with Crippen molar-refractivity contribution in [1.82, 2.24) is 9.97 Å². The Morgan fingerprint density at radius 3 is 2.58 bits per heavy atom. The molecule has 0 saturated heterocycles. The molecule has 0 bridgehead atoms. The zero-order chi connectivity index (χ0) is 13.5. The largest absolute Gasteiger partial charge is 0.370 e. The zero-order valence-corrected chi connectivity index (χ0v) is 11.5. The van der Waals surface area contributed by atoms with Gasteiger partial charge in [-0.1, -0.05) is 37.3 Å². The molecule has 0 aliphatic rings. The van der Waals surface area contributed by atoms with E-state index in [1.54, 1.807) is 0 Å². The van der Waals surface area contributed by atoms with E-state index >= 15 is 0 Å². The van der Waals surface area contributed by atoms with Gasteiger partial charge >= 0.3 is 0 Å². The molecule has 2 N–H and O–H groups in total. The summed E-state index contributed by atoms with van der Waals surface area (Å²) in [6.07, 6.45) is 1.08. The Morgan fingerprint density at radius 1 is 1.05 bits per heavy atom. The van der Waals surface area contributed by atoms with E-state index in [9.17, 15) is 0 Å². The molecule has 4 nitrogen and oxygen atoms in total. The van der Waals surface area contributed by atoms with Gasteiger partial charge in [0, 0.05) is 24.8 Å². The maximum absolute atomic E-state index is 4.45. The lowest BCUT2D eigenvalue weighted by Crippen LogP contribution is -2.08. The second-order valence-electron chi connectivity index (χ2n) is 4.48. The first-order valence-electron chi connectivity index (χ1n) is 6.65. The summed E-state index contributed by atoms with van der Waals surface area (Å²) in [5.41, 5.74) is 2.18. The van der Waals surface area contributed by atoms with Crippen LogP contribution in [-0.2, 0) is 6.54 Å². The van der Waals surface area contributed by atoms with E-state index in [-0.39, 0.29) is 0 Å². The fraction of sp³-hybridized carbons (Fsp3) is 0.333. The number of aromatic nitrogens is 2. The van der Waals surface area contributed by atoms with E-state index in [2.05, 4.69) is 39.7 Å². The van der Waals surface area contributed by atoms with Crippen LogP contribution in [0, 0.1) is 6.92 Å². The third kappa shape index (κ3) is 4.25. The summed E-state index contributed by atoms with van der Waals surface area (Å²) >= 11 is 0. The van der Waals surface area contributed by atoms with Crippen LogP contribution in [0.2, 0.25) is 0 Å². The zero-order valence-electron chi connectivity index (χ0n) is 11.5. The van der Waals surface area contributed by atoms with Gasteiger partial charge in [0.1, 0.15) is 5.82 Å². The molecule has 0 unspecified atom stereocenters. The predicted molar refractivity (Wildman–Crippen MR) is 79.3 cm³/mol. The smallest absolute Gasteiger partial charge is 0.225 e. The highest BCUT2D eigenvalue weighted by Crippen LogP contribution is 2.10. The first-order chi connectivity index (χ1) is 9.28. The Morgan fingerprint density at radius 2 is 1.84 bits per heavy atom. The van der Waals surface area contributed by atoms with Gasteiger partial charge in [-0.25, -0.2) is 4.98 Å². The Hall–Kier alpha value is -2.10. The molecule has 0 radical (unpaired) electrons. The number of nitrogens with one attached hydrogen (secondary N) is 2. The fourth-order valence-corrected chi connectivity index (χ4v) is 1.77. The van der Waals surface area contributed by atoms with E-state index in [1.807, 2.05) is 31.2 Å². The van der Waals surface area contributed by atoms with Crippen molar-refractivity contribution in [3.63, 3.8) is 0 Å². The molecule has 1 aromatic heterocycles. The van der Waals surface area contributed by atoms with Gasteiger partial charge in [-0.15, -0.1) is 0 Å². The minimum absolute atomic E-state index is 0.669. The van der Waals surface area contributed by atoms with Gasteiger partial charge in [-0.3, -0.25) is 0 Å². The van der Waals surface area contributed by atoms with Crippen molar-refractivity contribution in [3.8, 4) is 0 Å². The van der Waals surface area contributed by atoms with Crippen LogP contribution in [0.15, 0.2) is 36.4 Å². The summed E-state index contributed by atoms with van der Waals surface area (Å²) in [6, 6.07) is 12.2. The number of hydrogen-bond donors (Lipinski definition) is 2. The van der Waals surface area contributed by atoms with Crippen LogP contribution in [0.4, 0.5) is 11.8 Å². The number of aryl methyl sites for hydroxylation is 1. The molecule has 1 heterocycles. The van der Waals surface area contributed by atoms with Gasteiger partial charge in [0.15, 0.2) is 0 Å². The van der Waals surface area contributed by atoms with Gasteiger partial charge in [0.25, 0.3) is 0 Å². The van der Waals surface area contributed by atoms with E-state index in [0.717, 1.165) is 31.0 Å². The van der Waals surface area contributed by atoms with Crippen LogP contribution < -0.4 is 10.6 Å². The Balaban J connectivity index is 2.01. The van der Waals surface area contributed by atoms with Crippen molar-refractivity contribution >= 4 is 11.8 Å². The van der Waals surface area contributed by atoms with Crippen molar-refractivity contribution in [3.05, 3.63) is 47.7 Å². The van der Waals surface area contributed by atoms with Crippen LogP contribution in [0.3, 0.4) is 0 Å². The van der Waals surface area contributed by atoms with Gasteiger partial charge in [-0.2, -0.15) is 4.98 Å². The normalized spacial score (nSPS) is 10.2. The van der Waals surface area contributed by atoms with E-state index in [1.165, 1.54) is 5.56 Å². The predicted octanol–water partition coefficient (Wildman–Crippen LogP) is 3.22. The number of nitrogens with zero attached hydrogens (tertiary/aromatic N) is 2. The molecule has 2 aromatic rings. The first kappa shape index (κ1) is 13.3. The van der Waals surface area contributed by atoms with Crippen molar-refractivity contribution in [2.24, 2.45) is 0 Å². The number of anilines is 2. The quantitative estimate of drug-likeness (QED) is 0.833. The lowest BCUT2D eigenvalue weighted by molar-refractivity contribution is 0.956. The van der Waals surface area contributed by atoms with Crippen LogP contribution in [0.25, 0.3) is 0 Å². The molecule has 0 aliphatic heterocycles. The number of hydrogen-bond acceptors (Lipinski definition) is 4. The highest BCUT2D eigenvalue weighted by atomic mass is 15.1. The van der Waals surface area contributed by atoms with E-state index < -0.39 is 0 Å². The van der Waals surface area contributed by atoms with E-state index in [0.29, 0.717) is 5.95 Å². The average Bonchev–Trinajstić information content (AvgIpc) is 2.43. The number of benzene rings is 1. The SMILES string of the molecule is CCCNc1cc(C)nc(NCc2ccccc2)n1. The van der Waals surface area contributed by atoms with Crippen LogP contribution in [-0.4, -0.2) is 16.5 Å². The van der Waals surface area contributed by atoms with Gasteiger partial charge in [0.2, 0.25) is 5.95 Å². The van der Waals surface area contributed by atoms with Crippen molar-refractivity contribution < 1.29 is 0 Å². The molecule has 0 spiro atoms. The topological polar surface area (TPSA) is 49.8 Å². The van der Waals surface area contributed by atoms with Gasteiger partial charge in [0.05, 0.1) is 0 Å². The molecule has 0 fully saturated rings. The Kier molecular flexibility index (Phi) is 4.72. The third-order valence-electron chi connectivity index (χ3n) is 2.70. The fourth-order valence-electron chi connectivity index (χ4n) is 1.77. The Bertz CT molecular complexity index is 511. The maximum atomic E-state index is 4.45. The van der Waals surface area contributed by atoms with Crippen molar-refractivity contribution in [2.45, 2.75) is 26.8 Å². The standard InChI is InChI=1S/C15H20N4/c1-3-9-16-14-10-12(2)18-15(19-14)17-11-13-7-5-4-6-8-13/h4-8,10H,3,9,11H2,1-2H3,(H2,16,17,18,19). The van der Waals surface area contributed by atoms with Crippen LogP contribution >= 0.6 is 0 Å². The second-order valence-corrected chi connectivity index (χ2v) is 4.48. The molecule has 4 heteroatoms. The highest BCUT2D eigenvalue weighted by molar-refractivity contribution is 5.42. The summed E-state index contributed by atoms with van der Waals surface area (Å²) in [4.78, 5) is 8.85. The number of rotatable bonds is 6. The van der Waals surface area contributed by atoms with Gasteiger partial charge < -0.3 is 10.6 Å². The summed E-state index contributed by atoms with van der Waals surface area (Å²) in [6.45, 7) is 5.77. The molecule has 1 aromatic carbocycles. The molecule has 0 amide bonds. The second kappa shape index (κ2) is 6.73. The molecular weight excluding hydrogens is 236 g/mol. The lowest BCUT2D eigenvalue weighted by atomic mass is 10.2. The van der Waals surface area contributed by atoms with E-state index in [4.69, 9.17) is 0 Å². The van der Waals surface area contributed by atoms with Gasteiger partial charge in [-0.05, 0) is 18.9 Å². The van der Waals surface area contributed by atoms with Crippen molar-refractivity contribution in [1.29, 1.82) is 0 Å². The van der Waals surface area contributed by atoms with Crippen molar-refractivity contribution in [2.75, 3.05) is 17.2 Å². The molecule has 0 atom stereocenters. The summed E-state index contributed by atoms with van der Waals surface area (Å²) in [5, 5.41) is 6.54. The molecule has 100 valence electrons. The first-order valence-corrected chi connectivity index (χ1v) is 6.65. The molecular formula is C15H20N4. The lowest BCUT2D eigenvalue weighted by Gasteiger charge is -2.09. The third-order valence-corrected chi connectivity index (χ3v) is 2.70. The minimum atomic E-state index is 0.669. The monoisotopic (exact) mass is 256 g/mol. The highest BCUT2D eigenvalue weighted by Gasteiger charge is 2.01. The summed E-state index contributed by atoms with van der Waals surface area (Å²) < 4.78 is 0. The van der Waals surface area contributed by atoms with Crippen LogP contribution in [0.5, 0.6) is 0 Å². The molecule has 19 heavy (non-hydrogen) atoms. The average molecular weight is 256 g/mol. The Labute approximate surface area is 114 Å².